The molecule has 0 unspecified atom stereocenters. The molecule has 0 aliphatic heterocycles. The fraction of sp³-hybridized carbons (Fsp3) is 0. The van der Waals surface area contributed by atoms with E-state index < -0.39 is 11.1 Å². The van der Waals surface area contributed by atoms with Crippen LogP contribution in [0.4, 0.5) is 0 Å². The van der Waals surface area contributed by atoms with E-state index in [-0.39, 0.29) is 0 Å². The number of aromatic amines is 3. The van der Waals surface area contributed by atoms with Gasteiger partial charge in [0.05, 0.1) is 23.4 Å². The van der Waals surface area contributed by atoms with Crippen molar-refractivity contribution in [2.45, 2.75) is 0 Å². The van der Waals surface area contributed by atoms with Gasteiger partial charge in [0.2, 0.25) is 0 Å². The van der Waals surface area contributed by atoms with Gasteiger partial charge in [0, 0.05) is 0 Å². The van der Waals surface area contributed by atoms with E-state index in [1.807, 2.05) is 0 Å². The van der Waals surface area contributed by atoms with E-state index in [4.69, 9.17) is 0 Å². The molecule has 0 amide bonds. The number of rotatable bonds is 0. The Morgan fingerprint density at radius 1 is 1.07 bits per heavy atom. The molecule has 3 heterocycles. The van der Waals surface area contributed by atoms with Crippen LogP contribution < -0.4 is 11.1 Å². The van der Waals surface area contributed by atoms with Crippen molar-refractivity contribution in [3.05, 3.63) is 33.2 Å². The van der Waals surface area contributed by atoms with E-state index in [1.54, 1.807) is 0 Å². The molecule has 0 atom stereocenters. The summed E-state index contributed by atoms with van der Waals surface area (Å²) >= 11 is 0. The van der Waals surface area contributed by atoms with E-state index >= 15 is 0 Å². The third-order valence-corrected chi connectivity index (χ3v) is 2.15. The van der Waals surface area contributed by atoms with E-state index in [0.717, 1.165) is 0 Å². The fourth-order valence-corrected chi connectivity index (χ4v) is 1.49. The Bertz CT molecular complexity index is 758. The van der Waals surface area contributed by atoms with Crippen molar-refractivity contribution in [2.24, 2.45) is 0 Å². The second kappa shape index (κ2) is 2.53. The standard InChI is InChI=1S/C8H5N5O2/c14-7-8(15)13-6-4-3(12-7)1-9-5(4)10-2-11-6/h1-2H,(H,12,14)(H2,9,10,11,13,15). The number of aromatic nitrogens is 5. The maximum Gasteiger partial charge on any atom is 0.315 e. The van der Waals surface area contributed by atoms with Gasteiger partial charge in [-0.3, -0.25) is 9.59 Å². The summed E-state index contributed by atoms with van der Waals surface area (Å²) in [6, 6.07) is 0. The summed E-state index contributed by atoms with van der Waals surface area (Å²) in [6.45, 7) is 0. The quantitative estimate of drug-likeness (QED) is 0.427. The Morgan fingerprint density at radius 3 is 2.73 bits per heavy atom. The van der Waals surface area contributed by atoms with Crippen LogP contribution in [0.25, 0.3) is 22.2 Å². The van der Waals surface area contributed by atoms with E-state index in [9.17, 15) is 9.59 Å². The lowest BCUT2D eigenvalue weighted by Crippen LogP contribution is -2.25. The molecule has 0 saturated carbocycles. The van der Waals surface area contributed by atoms with Gasteiger partial charge in [0.1, 0.15) is 5.65 Å². The molecule has 3 aromatic rings. The first-order valence-electron chi connectivity index (χ1n) is 4.20. The first-order chi connectivity index (χ1) is 7.25. The van der Waals surface area contributed by atoms with Crippen LogP contribution in [0.3, 0.4) is 0 Å². The maximum atomic E-state index is 11.2. The predicted octanol–water partition coefficient (Wildman–Crippen LogP) is -0.512. The molecule has 0 bridgehead atoms. The number of hydrogen-bond donors (Lipinski definition) is 3. The monoisotopic (exact) mass is 203 g/mol. The molecule has 0 aromatic carbocycles. The van der Waals surface area contributed by atoms with Gasteiger partial charge in [-0.15, -0.1) is 0 Å². The molecule has 0 fully saturated rings. The molecule has 0 spiro atoms. The topological polar surface area (TPSA) is 107 Å². The third kappa shape index (κ3) is 0.997. The lowest BCUT2D eigenvalue weighted by Gasteiger charge is -1.90. The lowest BCUT2D eigenvalue weighted by atomic mass is 10.4. The maximum absolute atomic E-state index is 11.2. The summed E-state index contributed by atoms with van der Waals surface area (Å²) in [5.74, 6) is 0. The molecule has 0 radical (unpaired) electrons. The van der Waals surface area contributed by atoms with Crippen molar-refractivity contribution >= 4 is 22.2 Å². The summed E-state index contributed by atoms with van der Waals surface area (Å²) in [5, 5.41) is 0.608. The molecule has 3 aromatic heterocycles. The minimum absolute atomic E-state index is 0.427. The van der Waals surface area contributed by atoms with Crippen LogP contribution in [-0.4, -0.2) is 24.9 Å². The number of nitrogens with zero attached hydrogens (tertiary/aromatic N) is 2. The average Bonchev–Trinajstić information content (AvgIpc) is 2.57. The normalized spacial score (nSPS) is 11.2. The first-order valence-corrected chi connectivity index (χ1v) is 4.20. The van der Waals surface area contributed by atoms with Gasteiger partial charge in [-0.1, -0.05) is 0 Å². The molecule has 15 heavy (non-hydrogen) atoms. The van der Waals surface area contributed by atoms with Gasteiger partial charge < -0.3 is 15.0 Å². The van der Waals surface area contributed by atoms with Crippen LogP contribution in [0.1, 0.15) is 0 Å². The van der Waals surface area contributed by atoms with Gasteiger partial charge in [0.15, 0.2) is 5.65 Å². The molecule has 0 aliphatic rings. The highest BCUT2D eigenvalue weighted by molar-refractivity contribution is 6.01. The zero-order valence-corrected chi connectivity index (χ0v) is 7.37. The van der Waals surface area contributed by atoms with Crippen molar-refractivity contribution in [3.8, 4) is 0 Å². The summed E-state index contributed by atoms with van der Waals surface area (Å²) in [6.07, 6.45) is 2.87. The zero-order chi connectivity index (χ0) is 10.4. The van der Waals surface area contributed by atoms with Crippen LogP contribution in [0.5, 0.6) is 0 Å². The molecular weight excluding hydrogens is 198 g/mol. The van der Waals surface area contributed by atoms with Crippen molar-refractivity contribution in [1.82, 2.24) is 24.9 Å². The SMILES string of the molecule is O=c1[nH]c2cnc3nc[nH]c([nH]c1=O)c32. The van der Waals surface area contributed by atoms with Gasteiger partial charge in [0.25, 0.3) is 0 Å². The van der Waals surface area contributed by atoms with Crippen LogP contribution >= 0.6 is 0 Å². The van der Waals surface area contributed by atoms with Crippen LogP contribution in [0, 0.1) is 0 Å². The predicted molar refractivity (Wildman–Crippen MR) is 52.6 cm³/mol. The van der Waals surface area contributed by atoms with Gasteiger partial charge in [-0.05, 0) is 0 Å². The summed E-state index contributed by atoms with van der Waals surface area (Å²) in [4.78, 5) is 38.1. The lowest BCUT2D eigenvalue weighted by molar-refractivity contribution is 1.14. The highest BCUT2D eigenvalue weighted by atomic mass is 16.2. The Kier molecular flexibility index (Phi) is 1.34. The van der Waals surface area contributed by atoms with Crippen LogP contribution in [0.15, 0.2) is 22.1 Å². The van der Waals surface area contributed by atoms with Gasteiger partial charge >= 0.3 is 11.1 Å². The molecule has 74 valence electrons. The van der Waals surface area contributed by atoms with E-state index in [2.05, 4.69) is 24.9 Å². The number of H-pyrrole nitrogens is 3. The smallest absolute Gasteiger partial charge is 0.315 e. The third-order valence-electron chi connectivity index (χ3n) is 2.15. The van der Waals surface area contributed by atoms with E-state index in [1.165, 1.54) is 12.5 Å². The Balaban J connectivity index is 2.81. The van der Waals surface area contributed by atoms with Crippen molar-refractivity contribution < 1.29 is 0 Å². The number of hydrogen-bond acceptors (Lipinski definition) is 4. The molecule has 7 nitrogen and oxygen atoms in total. The second-order valence-corrected chi connectivity index (χ2v) is 3.06. The molecule has 7 heteroatoms. The summed E-state index contributed by atoms with van der Waals surface area (Å²) in [7, 11) is 0. The fourth-order valence-electron chi connectivity index (χ4n) is 1.49. The second-order valence-electron chi connectivity index (χ2n) is 3.06. The molecule has 3 N–H and O–H groups in total. The Labute approximate surface area is 81.2 Å². The van der Waals surface area contributed by atoms with Gasteiger partial charge in [-0.25, -0.2) is 9.97 Å². The van der Waals surface area contributed by atoms with Gasteiger partial charge in [-0.2, -0.15) is 0 Å². The highest BCUT2D eigenvalue weighted by Crippen LogP contribution is 2.16. The van der Waals surface area contributed by atoms with Crippen molar-refractivity contribution in [3.63, 3.8) is 0 Å². The summed E-state index contributed by atoms with van der Waals surface area (Å²) < 4.78 is 0. The largest absolute Gasteiger partial charge is 0.332 e. The van der Waals surface area contributed by atoms with Crippen LogP contribution in [-0.2, 0) is 0 Å². The van der Waals surface area contributed by atoms with Crippen molar-refractivity contribution in [1.29, 1.82) is 0 Å². The number of nitrogens with one attached hydrogen (secondary N) is 3. The molecule has 0 saturated heterocycles. The molecule has 3 rings (SSSR count). The minimum Gasteiger partial charge on any atom is -0.332 e. The Morgan fingerprint density at radius 2 is 1.87 bits per heavy atom. The average molecular weight is 203 g/mol. The van der Waals surface area contributed by atoms with E-state index in [0.29, 0.717) is 22.2 Å². The Hall–Kier alpha value is -2.44. The minimum atomic E-state index is -0.714. The van der Waals surface area contributed by atoms with Crippen molar-refractivity contribution in [2.75, 3.05) is 0 Å². The zero-order valence-electron chi connectivity index (χ0n) is 7.37. The highest BCUT2D eigenvalue weighted by Gasteiger charge is 2.06. The summed E-state index contributed by atoms with van der Waals surface area (Å²) in [5.41, 5.74) is -0.0475. The molecule has 0 aliphatic carbocycles. The first kappa shape index (κ1) is 7.92. The molecular formula is C8H5N5O2. The van der Waals surface area contributed by atoms with Crippen LogP contribution in [0.2, 0.25) is 0 Å².